The number of rotatable bonds is 4. The molecule has 0 saturated carbocycles. The Balaban J connectivity index is 1.46. The summed E-state index contributed by atoms with van der Waals surface area (Å²) >= 11 is 0. The van der Waals surface area contributed by atoms with E-state index in [1.165, 1.54) is 16.7 Å². The molecule has 136 valence electrons. The third-order valence-electron chi connectivity index (χ3n) is 5.18. The molecule has 1 amide bonds. The first-order chi connectivity index (χ1) is 13.2. The summed E-state index contributed by atoms with van der Waals surface area (Å²) in [7, 11) is 0. The average molecular weight is 357 g/mol. The van der Waals surface area contributed by atoms with Gasteiger partial charge in [-0.3, -0.25) is 9.78 Å². The standard InChI is InChI=1S/C23H23N3O/c1-17-6-2-3-8-19(17)14-25-23(27)21-12-22(15-24-13-21)26-11-10-18-7-4-5-9-20(18)16-26/h2-9,12-13,15H,10-11,14,16H2,1H3,(H,25,27). The Bertz CT molecular complexity index is 967. The fourth-order valence-electron chi connectivity index (χ4n) is 3.53. The third kappa shape index (κ3) is 3.85. The number of nitrogens with zero attached hydrogens (tertiary/aromatic N) is 2. The molecule has 0 spiro atoms. The van der Waals surface area contributed by atoms with Gasteiger partial charge in [0.25, 0.3) is 5.91 Å². The Labute approximate surface area is 159 Å². The fourth-order valence-corrected chi connectivity index (χ4v) is 3.53. The topological polar surface area (TPSA) is 45.2 Å². The molecule has 0 aliphatic carbocycles. The van der Waals surface area contributed by atoms with E-state index < -0.39 is 0 Å². The number of hydrogen-bond acceptors (Lipinski definition) is 3. The van der Waals surface area contributed by atoms with Gasteiger partial charge in [0, 0.05) is 25.8 Å². The second-order valence-electron chi connectivity index (χ2n) is 6.98. The van der Waals surface area contributed by atoms with Crippen molar-refractivity contribution in [1.29, 1.82) is 0 Å². The molecule has 0 unspecified atom stereocenters. The van der Waals surface area contributed by atoms with E-state index in [2.05, 4.69) is 52.5 Å². The molecule has 4 heteroatoms. The normalized spacial score (nSPS) is 13.1. The molecule has 27 heavy (non-hydrogen) atoms. The monoisotopic (exact) mass is 357 g/mol. The van der Waals surface area contributed by atoms with Crippen molar-refractivity contribution in [1.82, 2.24) is 10.3 Å². The van der Waals surface area contributed by atoms with Gasteiger partial charge >= 0.3 is 0 Å². The first-order valence-corrected chi connectivity index (χ1v) is 9.30. The molecule has 1 N–H and O–H groups in total. The van der Waals surface area contributed by atoms with E-state index in [1.807, 2.05) is 30.5 Å². The molecule has 4 nitrogen and oxygen atoms in total. The van der Waals surface area contributed by atoms with E-state index in [-0.39, 0.29) is 5.91 Å². The number of nitrogens with one attached hydrogen (secondary N) is 1. The summed E-state index contributed by atoms with van der Waals surface area (Å²) in [6.07, 6.45) is 4.49. The van der Waals surface area contributed by atoms with Crippen LogP contribution in [0.1, 0.15) is 32.6 Å². The summed E-state index contributed by atoms with van der Waals surface area (Å²) in [6, 6.07) is 18.6. The molecular formula is C23H23N3O. The lowest BCUT2D eigenvalue weighted by atomic mass is 9.99. The SMILES string of the molecule is Cc1ccccc1CNC(=O)c1cncc(N2CCc3ccccc3C2)c1. The van der Waals surface area contributed by atoms with Crippen LogP contribution in [0.5, 0.6) is 0 Å². The number of fused-ring (bicyclic) bond motifs is 1. The molecule has 3 aromatic rings. The van der Waals surface area contributed by atoms with Crippen molar-refractivity contribution >= 4 is 11.6 Å². The molecule has 0 atom stereocenters. The lowest BCUT2D eigenvalue weighted by Crippen LogP contribution is -2.31. The van der Waals surface area contributed by atoms with Crippen LogP contribution in [0.2, 0.25) is 0 Å². The first kappa shape index (κ1) is 17.3. The number of aromatic nitrogens is 1. The van der Waals surface area contributed by atoms with Crippen molar-refractivity contribution in [3.63, 3.8) is 0 Å². The summed E-state index contributed by atoms with van der Waals surface area (Å²) in [4.78, 5) is 19.2. The largest absolute Gasteiger partial charge is 0.366 e. The van der Waals surface area contributed by atoms with E-state index in [0.29, 0.717) is 12.1 Å². The summed E-state index contributed by atoms with van der Waals surface area (Å²) in [5, 5.41) is 3.00. The van der Waals surface area contributed by atoms with Gasteiger partial charge in [0.15, 0.2) is 0 Å². The third-order valence-corrected chi connectivity index (χ3v) is 5.18. The zero-order chi connectivity index (χ0) is 18.6. The minimum atomic E-state index is -0.0926. The maximum Gasteiger partial charge on any atom is 0.253 e. The fraction of sp³-hybridized carbons (Fsp3) is 0.217. The molecular weight excluding hydrogens is 334 g/mol. The van der Waals surface area contributed by atoms with Gasteiger partial charge in [-0.25, -0.2) is 0 Å². The van der Waals surface area contributed by atoms with Crippen LogP contribution in [0, 0.1) is 6.92 Å². The van der Waals surface area contributed by atoms with Crippen LogP contribution < -0.4 is 10.2 Å². The van der Waals surface area contributed by atoms with Crippen LogP contribution in [0.15, 0.2) is 67.0 Å². The molecule has 0 bridgehead atoms. The number of carbonyl (C=O) groups is 1. The lowest BCUT2D eigenvalue weighted by molar-refractivity contribution is 0.0950. The highest BCUT2D eigenvalue weighted by atomic mass is 16.1. The van der Waals surface area contributed by atoms with Crippen molar-refractivity contribution in [2.75, 3.05) is 11.4 Å². The molecule has 4 rings (SSSR count). The molecule has 2 heterocycles. The highest BCUT2D eigenvalue weighted by Crippen LogP contribution is 2.24. The van der Waals surface area contributed by atoms with Crippen LogP contribution in [0.4, 0.5) is 5.69 Å². The summed E-state index contributed by atoms with van der Waals surface area (Å²) < 4.78 is 0. The number of carbonyl (C=O) groups excluding carboxylic acids is 1. The highest BCUT2D eigenvalue weighted by Gasteiger charge is 2.17. The molecule has 0 radical (unpaired) electrons. The number of amides is 1. The quantitative estimate of drug-likeness (QED) is 0.771. The van der Waals surface area contributed by atoms with Gasteiger partial charge in [-0.05, 0) is 41.7 Å². The van der Waals surface area contributed by atoms with Gasteiger partial charge in [0.2, 0.25) is 0 Å². The molecule has 1 aliphatic heterocycles. The van der Waals surface area contributed by atoms with Crippen molar-refractivity contribution < 1.29 is 4.79 Å². The predicted octanol–water partition coefficient (Wildman–Crippen LogP) is 3.88. The number of pyridine rings is 1. The van der Waals surface area contributed by atoms with Gasteiger partial charge in [0.05, 0.1) is 17.4 Å². The van der Waals surface area contributed by atoms with Crippen LogP contribution in [0.3, 0.4) is 0 Å². The number of hydrogen-bond donors (Lipinski definition) is 1. The minimum Gasteiger partial charge on any atom is -0.366 e. The van der Waals surface area contributed by atoms with E-state index in [1.54, 1.807) is 6.20 Å². The second kappa shape index (κ2) is 7.62. The molecule has 0 fully saturated rings. The Morgan fingerprint density at radius 2 is 1.85 bits per heavy atom. The number of benzene rings is 2. The van der Waals surface area contributed by atoms with Gasteiger partial charge in [-0.15, -0.1) is 0 Å². The Hall–Kier alpha value is -3.14. The van der Waals surface area contributed by atoms with Crippen molar-refractivity contribution in [2.45, 2.75) is 26.4 Å². The van der Waals surface area contributed by atoms with E-state index in [0.717, 1.165) is 30.8 Å². The number of anilines is 1. The summed E-state index contributed by atoms with van der Waals surface area (Å²) in [5.74, 6) is -0.0926. The second-order valence-corrected chi connectivity index (χ2v) is 6.98. The van der Waals surface area contributed by atoms with E-state index in [4.69, 9.17) is 0 Å². The van der Waals surface area contributed by atoms with Crippen LogP contribution in [-0.4, -0.2) is 17.4 Å². The Morgan fingerprint density at radius 3 is 2.70 bits per heavy atom. The Morgan fingerprint density at radius 1 is 1.07 bits per heavy atom. The van der Waals surface area contributed by atoms with Crippen LogP contribution in [0.25, 0.3) is 0 Å². The molecule has 1 aromatic heterocycles. The smallest absolute Gasteiger partial charge is 0.253 e. The predicted molar refractivity (Wildman–Crippen MR) is 108 cm³/mol. The van der Waals surface area contributed by atoms with Crippen LogP contribution in [-0.2, 0) is 19.5 Å². The summed E-state index contributed by atoms with van der Waals surface area (Å²) in [5.41, 5.74) is 6.65. The molecule has 1 aliphatic rings. The van der Waals surface area contributed by atoms with Crippen LogP contribution >= 0.6 is 0 Å². The van der Waals surface area contributed by atoms with Gasteiger partial charge < -0.3 is 10.2 Å². The van der Waals surface area contributed by atoms with Crippen molar-refractivity contribution in [2.24, 2.45) is 0 Å². The Kier molecular flexibility index (Phi) is 4.88. The number of aryl methyl sites for hydroxylation is 1. The van der Waals surface area contributed by atoms with E-state index >= 15 is 0 Å². The zero-order valence-corrected chi connectivity index (χ0v) is 15.5. The lowest BCUT2D eigenvalue weighted by Gasteiger charge is -2.30. The van der Waals surface area contributed by atoms with Crippen molar-refractivity contribution in [3.05, 3.63) is 94.8 Å². The first-order valence-electron chi connectivity index (χ1n) is 9.30. The summed E-state index contributed by atoms with van der Waals surface area (Å²) in [6.45, 7) is 4.36. The van der Waals surface area contributed by atoms with Crippen molar-refractivity contribution in [3.8, 4) is 0 Å². The van der Waals surface area contributed by atoms with E-state index in [9.17, 15) is 4.79 Å². The minimum absolute atomic E-state index is 0.0926. The van der Waals surface area contributed by atoms with Gasteiger partial charge in [-0.2, -0.15) is 0 Å². The maximum absolute atomic E-state index is 12.6. The zero-order valence-electron chi connectivity index (χ0n) is 15.5. The molecule has 2 aromatic carbocycles. The van der Waals surface area contributed by atoms with Gasteiger partial charge in [-0.1, -0.05) is 48.5 Å². The average Bonchev–Trinajstić information content (AvgIpc) is 2.72. The molecule has 0 saturated heterocycles. The maximum atomic E-state index is 12.6. The van der Waals surface area contributed by atoms with Gasteiger partial charge in [0.1, 0.15) is 0 Å². The highest BCUT2D eigenvalue weighted by molar-refractivity contribution is 5.94.